The van der Waals surface area contributed by atoms with Gasteiger partial charge in [0.2, 0.25) is 0 Å². The average Bonchev–Trinajstić information content (AvgIpc) is 3.60. The Hall–Kier alpha value is -3.07. The SMILES string of the molecule is CN=C1NCCC([NH+]2C=CNC2)CC(CCCC(=O)CC(=O)CCc2ccc(O)c(OC3CCCC3)c2)N1. The van der Waals surface area contributed by atoms with Gasteiger partial charge < -0.3 is 25.8 Å². The number of nitrogens with one attached hydrogen (secondary N) is 4. The second-order valence-corrected chi connectivity index (χ2v) is 10.8. The fraction of sp³-hybridized carbons (Fsp3) is 0.621. The van der Waals surface area contributed by atoms with E-state index in [2.05, 4.69) is 27.1 Å². The first-order valence-corrected chi connectivity index (χ1v) is 14.2. The van der Waals surface area contributed by atoms with Crippen molar-refractivity contribution in [1.82, 2.24) is 16.0 Å². The fourth-order valence-electron chi connectivity index (χ4n) is 5.70. The Kier molecular flexibility index (Phi) is 10.4. The molecule has 1 aromatic carbocycles. The smallest absolute Gasteiger partial charge is 0.191 e. The number of benzene rings is 1. The van der Waals surface area contributed by atoms with Crippen LogP contribution in [0.5, 0.6) is 11.5 Å². The van der Waals surface area contributed by atoms with E-state index in [1.54, 1.807) is 13.1 Å². The lowest BCUT2D eigenvalue weighted by atomic mass is 9.96. The van der Waals surface area contributed by atoms with Crippen molar-refractivity contribution in [3.63, 3.8) is 0 Å². The Balaban J connectivity index is 1.19. The lowest BCUT2D eigenvalue weighted by Gasteiger charge is -2.31. The monoisotopic (exact) mass is 526 g/mol. The molecule has 9 nitrogen and oxygen atoms in total. The number of hydrogen-bond donors (Lipinski definition) is 5. The zero-order valence-corrected chi connectivity index (χ0v) is 22.6. The van der Waals surface area contributed by atoms with E-state index in [9.17, 15) is 14.7 Å². The molecule has 0 bridgehead atoms. The molecular formula is C29H44N5O4+. The molecule has 3 atom stereocenters. The number of aromatic hydroxyl groups is 1. The lowest BCUT2D eigenvalue weighted by Crippen LogP contribution is -3.11. The predicted octanol–water partition coefficient (Wildman–Crippen LogP) is 1.96. The van der Waals surface area contributed by atoms with Crippen LogP contribution in [0.3, 0.4) is 0 Å². The van der Waals surface area contributed by atoms with Crippen molar-refractivity contribution >= 4 is 17.5 Å². The van der Waals surface area contributed by atoms with Gasteiger partial charge in [-0.3, -0.25) is 19.5 Å². The summed E-state index contributed by atoms with van der Waals surface area (Å²) < 4.78 is 5.96. The highest BCUT2D eigenvalue weighted by Crippen LogP contribution is 2.32. The number of phenolic OH excluding ortho intramolecular Hbond substituents is 1. The van der Waals surface area contributed by atoms with Gasteiger partial charge >= 0.3 is 0 Å². The average molecular weight is 527 g/mol. The van der Waals surface area contributed by atoms with Crippen molar-refractivity contribution in [2.45, 2.75) is 95.2 Å². The minimum absolute atomic E-state index is 0.00756. The highest BCUT2D eigenvalue weighted by molar-refractivity contribution is 5.99. The third-order valence-corrected chi connectivity index (χ3v) is 7.88. The Morgan fingerprint density at radius 2 is 1.97 bits per heavy atom. The van der Waals surface area contributed by atoms with E-state index in [1.165, 1.54) is 4.90 Å². The van der Waals surface area contributed by atoms with Gasteiger partial charge in [-0.25, -0.2) is 0 Å². The number of Topliss-reactive ketones (excluding diaryl/α,β-unsaturated/α-hetero) is 2. The third kappa shape index (κ3) is 8.48. The number of guanidine groups is 1. The second-order valence-electron chi connectivity index (χ2n) is 10.8. The van der Waals surface area contributed by atoms with Crippen molar-refractivity contribution in [1.29, 1.82) is 0 Å². The molecule has 1 saturated heterocycles. The van der Waals surface area contributed by atoms with Gasteiger partial charge in [0.25, 0.3) is 0 Å². The zero-order valence-electron chi connectivity index (χ0n) is 22.6. The number of ketones is 2. The number of quaternary nitrogens is 1. The van der Waals surface area contributed by atoms with Crippen molar-refractivity contribution in [3.8, 4) is 11.5 Å². The number of carbonyl (C=O) groups excluding carboxylic acids is 2. The molecule has 0 radical (unpaired) electrons. The normalized spacial score (nSPS) is 24.8. The quantitative estimate of drug-likeness (QED) is 0.264. The minimum atomic E-state index is -0.0352. The highest BCUT2D eigenvalue weighted by Gasteiger charge is 2.28. The summed E-state index contributed by atoms with van der Waals surface area (Å²) in [6.07, 6.45) is 13.6. The number of phenols is 1. The maximum absolute atomic E-state index is 12.6. The maximum Gasteiger partial charge on any atom is 0.191 e. The zero-order chi connectivity index (χ0) is 26.7. The van der Waals surface area contributed by atoms with Crippen LogP contribution in [-0.2, 0) is 16.0 Å². The molecule has 2 fully saturated rings. The molecular weight excluding hydrogens is 482 g/mol. The van der Waals surface area contributed by atoms with Crippen LogP contribution in [0.25, 0.3) is 0 Å². The van der Waals surface area contributed by atoms with Crippen molar-refractivity contribution in [3.05, 3.63) is 36.2 Å². The van der Waals surface area contributed by atoms with Gasteiger partial charge in [0, 0.05) is 45.3 Å². The van der Waals surface area contributed by atoms with Crippen LogP contribution in [-0.4, -0.2) is 61.1 Å². The lowest BCUT2D eigenvalue weighted by molar-refractivity contribution is -0.871. The number of aliphatic imine (C=N–C) groups is 1. The van der Waals surface area contributed by atoms with Crippen LogP contribution in [0.1, 0.15) is 76.2 Å². The Morgan fingerprint density at radius 3 is 2.74 bits per heavy atom. The summed E-state index contributed by atoms with van der Waals surface area (Å²) in [4.78, 5) is 30.8. The molecule has 38 heavy (non-hydrogen) atoms. The number of ether oxygens (including phenoxy) is 1. The summed E-state index contributed by atoms with van der Waals surface area (Å²) in [6.45, 7) is 1.79. The molecule has 208 valence electrons. The predicted molar refractivity (Wildman–Crippen MR) is 147 cm³/mol. The molecule has 1 aromatic rings. The number of hydrogen-bond acceptors (Lipinski definition) is 6. The first kappa shape index (κ1) is 28.0. The largest absolute Gasteiger partial charge is 0.504 e. The van der Waals surface area contributed by atoms with Gasteiger partial charge in [0.05, 0.1) is 24.8 Å². The van der Waals surface area contributed by atoms with Crippen LogP contribution in [0.15, 0.2) is 35.6 Å². The van der Waals surface area contributed by atoms with E-state index < -0.39 is 0 Å². The summed E-state index contributed by atoms with van der Waals surface area (Å²) in [5, 5.41) is 20.3. The molecule has 2 aliphatic heterocycles. The summed E-state index contributed by atoms with van der Waals surface area (Å²) in [5.74, 6) is 1.41. The second kappa shape index (κ2) is 14.2. The van der Waals surface area contributed by atoms with Gasteiger partial charge in [-0.15, -0.1) is 0 Å². The molecule has 5 N–H and O–H groups in total. The van der Waals surface area contributed by atoms with Gasteiger partial charge in [-0.05, 0) is 62.6 Å². The maximum atomic E-state index is 12.6. The van der Waals surface area contributed by atoms with E-state index in [-0.39, 0.29) is 35.9 Å². The molecule has 4 rings (SSSR count). The van der Waals surface area contributed by atoms with Gasteiger partial charge in [0.1, 0.15) is 17.8 Å². The van der Waals surface area contributed by atoms with Gasteiger partial charge in [-0.1, -0.05) is 6.07 Å². The summed E-state index contributed by atoms with van der Waals surface area (Å²) in [6, 6.07) is 6.00. The topological polar surface area (TPSA) is 116 Å². The Morgan fingerprint density at radius 1 is 1.16 bits per heavy atom. The molecule has 3 aliphatic rings. The van der Waals surface area contributed by atoms with E-state index in [1.807, 2.05) is 18.3 Å². The molecule has 0 amide bonds. The Bertz CT molecular complexity index is 1000. The van der Waals surface area contributed by atoms with Crippen LogP contribution in [0.4, 0.5) is 0 Å². The van der Waals surface area contributed by atoms with Crippen LogP contribution in [0.2, 0.25) is 0 Å². The molecule has 1 aliphatic carbocycles. The first-order chi connectivity index (χ1) is 18.5. The Labute approximate surface area is 226 Å². The molecule has 3 unspecified atom stereocenters. The van der Waals surface area contributed by atoms with Gasteiger partial charge in [-0.2, -0.15) is 0 Å². The molecule has 1 saturated carbocycles. The van der Waals surface area contributed by atoms with Crippen LogP contribution in [0, 0.1) is 0 Å². The van der Waals surface area contributed by atoms with Crippen molar-refractivity contribution < 1.29 is 24.3 Å². The van der Waals surface area contributed by atoms with E-state index in [4.69, 9.17) is 4.74 Å². The molecule has 2 heterocycles. The molecule has 0 aromatic heterocycles. The number of nitrogens with zero attached hydrogens (tertiary/aromatic N) is 1. The fourth-order valence-corrected chi connectivity index (χ4v) is 5.70. The summed E-state index contributed by atoms with van der Waals surface area (Å²) >= 11 is 0. The van der Waals surface area contributed by atoms with Crippen molar-refractivity contribution in [2.75, 3.05) is 20.3 Å². The summed E-state index contributed by atoms with van der Waals surface area (Å²) in [5.41, 5.74) is 0.939. The molecule has 9 heteroatoms. The van der Waals surface area contributed by atoms with E-state index in [0.717, 1.165) is 76.1 Å². The highest BCUT2D eigenvalue weighted by atomic mass is 16.5. The standard InChI is InChI=1S/C29H43N5O4/c1-30-29-32-14-13-23(34-16-15-31-20-34)18-22(33-29)5-4-6-24(35)19-25(36)11-9-21-10-12-27(37)28(17-21)38-26-7-2-3-8-26/h10,12,15-17,22-23,26,31,37H,2-9,11,13-14,18-20H2,1H3,(H2,30,32,33)/p+1. The number of rotatable bonds is 12. The van der Waals surface area contributed by atoms with Crippen LogP contribution < -0.4 is 25.6 Å². The number of carbonyl (C=O) groups is 2. The minimum Gasteiger partial charge on any atom is -0.504 e. The van der Waals surface area contributed by atoms with Gasteiger partial charge in [0.15, 0.2) is 24.1 Å². The van der Waals surface area contributed by atoms with Crippen LogP contribution >= 0.6 is 0 Å². The first-order valence-electron chi connectivity index (χ1n) is 14.2. The third-order valence-electron chi connectivity index (χ3n) is 7.88. The van der Waals surface area contributed by atoms with E-state index >= 15 is 0 Å². The number of aryl methyl sites for hydroxylation is 1. The summed E-state index contributed by atoms with van der Waals surface area (Å²) in [7, 11) is 1.78. The van der Waals surface area contributed by atoms with Crippen molar-refractivity contribution in [2.24, 2.45) is 4.99 Å². The molecule has 0 spiro atoms. The van der Waals surface area contributed by atoms with E-state index in [0.29, 0.717) is 31.1 Å².